The van der Waals surface area contributed by atoms with Gasteiger partial charge in [-0.05, 0) is 5.53 Å². The first kappa shape index (κ1) is 12.2. The van der Waals surface area contributed by atoms with Gasteiger partial charge in [0.2, 0.25) is 0 Å². The largest absolute Gasteiger partial charge is 0.388 e. The van der Waals surface area contributed by atoms with Crippen LogP contribution in [0.25, 0.3) is 10.4 Å². The summed E-state index contributed by atoms with van der Waals surface area (Å²) in [5.74, 6) is 0. The van der Waals surface area contributed by atoms with Gasteiger partial charge < -0.3 is 24.8 Å². The Balaban J connectivity index is 2.32. The molecule has 0 amide bonds. The highest BCUT2D eigenvalue weighted by atomic mass is 16.7. The van der Waals surface area contributed by atoms with Crippen molar-refractivity contribution in [3.8, 4) is 0 Å². The number of hydrogen-bond acceptors (Lipinski definition) is 6. The molecule has 0 aromatic heterocycles. The molecule has 8 nitrogen and oxygen atoms in total. The predicted molar refractivity (Wildman–Crippen MR) is 47.7 cm³/mol. The number of ether oxygens (including phenoxy) is 2. The van der Waals surface area contributed by atoms with Gasteiger partial charge in [-0.2, -0.15) is 0 Å². The highest BCUT2D eigenvalue weighted by Gasteiger charge is 2.37. The van der Waals surface area contributed by atoms with Crippen molar-refractivity contribution < 1.29 is 24.8 Å². The Morgan fingerprint density at radius 2 is 2.13 bits per heavy atom. The van der Waals surface area contributed by atoms with Crippen molar-refractivity contribution in [3.05, 3.63) is 10.4 Å². The van der Waals surface area contributed by atoms with Gasteiger partial charge in [0.25, 0.3) is 0 Å². The van der Waals surface area contributed by atoms with Gasteiger partial charge in [-0.15, -0.1) is 0 Å². The second-order valence-electron chi connectivity index (χ2n) is 3.08. The first-order valence-corrected chi connectivity index (χ1v) is 4.45. The van der Waals surface area contributed by atoms with E-state index in [9.17, 15) is 10.2 Å². The summed E-state index contributed by atoms with van der Waals surface area (Å²) in [5, 5.41) is 31.0. The highest BCUT2D eigenvalue weighted by molar-refractivity contribution is 4.82. The van der Waals surface area contributed by atoms with Crippen LogP contribution in [0.1, 0.15) is 0 Å². The Morgan fingerprint density at radius 3 is 2.80 bits per heavy atom. The molecule has 0 aromatic carbocycles. The molecular weight excluding hydrogens is 206 g/mol. The summed E-state index contributed by atoms with van der Waals surface area (Å²) < 4.78 is 9.94. The fraction of sp³-hybridized carbons (Fsp3) is 1.00. The van der Waals surface area contributed by atoms with Gasteiger partial charge >= 0.3 is 0 Å². The standard InChI is InChI=1S/C7H13N3O5/c8-10-9-1-2-14-7-6(13)5(12)4(11)3-15-7/h4-7,11-13H,1-3H2/t4-,5?,6?,7-/m1/s1. The molecule has 1 fully saturated rings. The lowest BCUT2D eigenvalue weighted by Crippen LogP contribution is -2.53. The van der Waals surface area contributed by atoms with Crippen molar-refractivity contribution in [1.82, 2.24) is 0 Å². The van der Waals surface area contributed by atoms with Crippen molar-refractivity contribution in [1.29, 1.82) is 0 Å². The number of rotatable bonds is 4. The van der Waals surface area contributed by atoms with E-state index in [4.69, 9.17) is 20.1 Å². The summed E-state index contributed by atoms with van der Waals surface area (Å²) in [6.45, 7) is 0.0841. The van der Waals surface area contributed by atoms with Crippen LogP contribution in [-0.2, 0) is 9.47 Å². The Morgan fingerprint density at radius 1 is 1.40 bits per heavy atom. The van der Waals surface area contributed by atoms with Crippen LogP contribution in [0.3, 0.4) is 0 Å². The van der Waals surface area contributed by atoms with Crippen molar-refractivity contribution in [2.24, 2.45) is 5.11 Å². The fourth-order valence-corrected chi connectivity index (χ4v) is 1.18. The lowest BCUT2D eigenvalue weighted by atomic mass is 10.1. The minimum Gasteiger partial charge on any atom is -0.388 e. The number of aliphatic hydroxyl groups is 3. The average Bonchev–Trinajstić information content (AvgIpc) is 2.24. The third-order valence-corrected chi connectivity index (χ3v) is 1.99. The van der Waals surface area contributed by atoms with E-state index in [-0.39, 0.29) is 19.8 Å². The Bertz CT molecular complexity index is 245. The smallest absolute Gasteiger partial charge is 0.186 e. The summed E-state index contributed by atoms with van der Waals surface area (Å²) in [5.41, 5.74) is 7.98. The van der Waals surface area contributed by atoms with Crippen LogP contribution in [0, 0.1) is 0 Å². The molecule has 0 spiro atoms. The summed E-state index contributed by atoms with van der Waals surface area (Å²) in [6, 6.07) is 0. The van der Waals surface area contributed by atoms with E-state index in [1.54, 1.807) is 0 Å². The van der Waals surface area contributed by atoms with Crippen LogP contribution >= 0.6 is 0 Å². The van der Waals surface area contributed by atoms with E-state index in [0.717, 1.165) is 0 Å². The minimum absolute atomic E-state index is 0.0780. The molecule has 1 saturated heterocycles. The molecular formula is C7H13N3O5. The zero-order valence-corrected chi connectivity index (χ0v) is 7.93. The normalized spacial score (nSPS) is 35.9. The van der Waals surface area contributed by atoms with Gasteiger partial charge in [0, 0.05) is 11.5 Å². The molecule has 4 atom stereocenters. The second-order valence-corrected chi connectivity index (χ2v) is 3.08. The fourth-order valence-electron chi connectivity index (χ4n) is 1.18. The molecule has 0 saturated carbocycles. The SMILES string of the molecule is [N-]=[N+]=NCCO[C@@H]1OC[C@@H](O)C(O)C1O. The van der Waals surface area contributed by atoms with Crippen LogP contribution < -0.4 is 0 Å². The molecule has 8 heteroatoms. The van der Waals surface area contributed by atoms with Crippen LogP contribution in [0.15, 0.2) is 5.11 Å². The summed E-state index contributed by atoms with van der Waals surface area (Å²) in [7, 11) is 0. The quantitative estimate of drug-likeness (QED) is 0.235. The van der Waals surface area contributed by atoms with Crippen molar-refractivity contribution in [2.45, 2.75) is 24.6 Å². The van der Waals surface area contributed by atoms with E-state index >= 15 is 0 Å². The average molecular weight is 219 g/mol. The predicted octanol–water partition coefficient (Wildman–Crippen LogP) is -1.25. The van der Waals surface area contributed by atoms with Crippen molar-refractivity contribution >= 4 is 0 Å². The Labute approximate surface area is 85.7 Å². The van der Waals surface area contributed by atoms with E-state index in [0.29, 0.717) is 0 Å². The maximum Gasteiger partial charge on any atom is 0.186 e. The molecule has 0 aromatic rings. The van der Waals surface area contributed by atoms with Crippen LogP contribution in [0.4, 0.5) is 0 Å². The van der Waals surface area contributed by atoms with E-state index in [1.165, 1.54) is 0 Å². The summed E-state index contributed by atoms with van der Waals surface area (Å²) >= 11 is 0. The Hall–Kier alpha value is -0.890. The highest BCUT2D eigenvalue weighted by Crippen LogP contribution is 2.16. The third-order valence-electron chi connectivity index (χ3n) is 1.99. The van der Waals surface area contributed by atoms with Crippen molar-refractivity contribution in [3.63, 3.8) is 0 Å². The molecule has 1 aliphatic rings. The van der Waals surface area contributed by atoms with E-state index < -0.39 is 24.6 Å². The number of aliphatic hydroxyl groups excluding tert-OH is 3. The number of azide groups is 1. The first-order valence-electron chi connectivity index (χ1n) is 4.45. The minimum atomic E-state index is -1.31. The first-order chi connectivity index (χ1) is 7.16. The topological polar surface area (TPSA) is 128 Å². The number of hydrogen-bond donors (Lipinski definition) is 3. The molecule has 1 heterocycles. The monoisotopic (exact) mass is 219 g/mol. The zero-order chi connectivity index (χ0) is 11.3. The summed E-state index contributed by atoms with van der Waals surface area (Å²) in [6.07, 6.45) is -4.71. The van der Waals surface area contributed by atoms with Gasteiger partial charge in [0.05, 0.1) is 13.2 Å². The van der Waals surface area contributed by atoms with Crippen LogP contribution in [-0.4, -0.2) is 59.7 Å². The third kappa shape index (κ3) is 3.31. The lowest BCUT2D eigenvalue weighted by molar-refractivity contribution is -0.268. The van der Waals surface area contributed by atoms with Crippen LogP contribution in [0.2, 0.25) is 0 Å². The molecule has 3 N–H and O–H groups in total. The molecule has 1 aliphatic heterocycles. The maximum atomic E-state index is 9.40. The molecule has 1 rings (SSSR count). The summed E-state index contributed by atoms with van der Waals surface area (Å²) in [4.78, 5) is 2.52. The van der Waals surface area contributed by atoms with Gasteiger partial charge in [-0.25, -0.2) is 0 Å². The van der Waals surface area contributed by atoms with Crippen LogP contribution in [0.5, 0.6) is 0 Å². The molecule has 0 aliphatic carbocycles. The van der Waals surface area contributed by atoms with Gasteiger partial charge in [-0.3, -0.25) is 0 Å². The zero-order valence-electron chi connectivity index (χ0n) is 7.93. The molecule has 0 bridgehead atoms. The van der Waals surface area contributed by atoms with Gasteiger partial charge in [0.15, 0.2) is 6.29 Å². The van der Waals surface area contributed by atoms with Gasteiger partial charge in [0.1, 0.15) is 18.3 Å². The van der Waals surface area contributed by atoms with E-state index in [2.05, 4.69) is 10.0 Å². The number of nitrogens with zero attached hydrogens (tertiary/aromatic N) is 3. The molecule has 2 unspecified atom stereocenters. The molecule has 0 radical (unpaired) electrons. The molecule has 15 heavy (non-hydrogen) atoms. The lowest BCUT2D eigenvalue weighted by Gasteiger charge is -2.34. The Kier molecular flexibility index (Phi) is 4.76. The van der Waals surface area contributed by atoms with Gasteiger partial charge in [-0.1, -0.05) is 5.11 Å². The van der Waals surface area contributed by atoms with E-state index in [1.807, 2.05) is 0 Å². The van der Waals surface area contributed by atoms with Crippen molar-refractivity contribution in [2.75, 3.05) is 19.8 Å². The molecule has 86 valence electrons. The maximum absolute atomic E-state index is 9.40. The second kappa shape index (κ2) is 5.86.